The SMILES string of the molecule is CC(C)Cn1c(Cn2cccc(NC(=O)[C@H](CC/C=C/C(=O)N(C)C)OC(=O)N(C)C)c2=O)nc2cc(F)ccc21. The van der Waals surface area contributed by atoms with E-state index < -0.39 is 29.5 Å². The van der Waals surface area contributed by atoms with Crippen LogP contribution in [-0.4, -0.2) is 76.1 Å². The van der Waals surface area contributed by atoms with Crippen molar-refractivity contribution in [3.05, 3.63) is 70.7 Å². The number of hydrogen-bond acceptors (Lipinski definition) is 6. The third-order valence-electron chi connectivity index (χ3n) is 6.12. The summed E-state index contributed by atoms with van der Waals surface area (Å²) < 4.78 is 22.6. The van der Waals surface area contributed by atoms with Crippen molar-refractivity contribution in [2.24, 2.45) is 5.92 Å². The van der Waals surface area contributed by atoms with Gasteiger partial charge in [-0.15, -0.1) is 0 Å². The highest BCUT2D eigenvalue weighted by Gasteiger charge is 2.24. The first-order valence-electron chi connectivity index (χ1n) is 13.3. The summed E-state index contributed by atoms with van der Waals surface area (Å²) in [6.07, 6.45) is 3.00. The number of amides is 3. The molecular formula is C29H37FN6O5. The van der Waals surface area contributed by atoms with Crippen molar-refractivity contribution in [3.8, 4) is 0 Å². The van der Waals surface area contributed by atoms with Gasteiger partial charge in [-0.05, 0) is 49.1 Å². The van der Waals surface area contributed by atoms with E-state index in [-0.39, 0.29) is 36.9 Å². The Bertz CT molecular complexity index is 1490. The largest absolute Gasteiger partial charge is 0.436 e. The quantitative estimate of drug-likeness (QED) is 0.354. The molecular weight excluding hydrogens is 531 g/mol. The first-order valence-corrected chi connectivity index (χ1v) is 13.3. The fourth-order valence-electron chi connectivity index (χ4n) is 4.02. The summed E-state index contributed by atoms with van der Waals surface area (Å²) in [6.45, 7) is 4.82. The van der Waals surface area contributed by atoms with Crippen LogP contribution in [0, 0.1) is 11.7 Å². The van der Waals surface area contributed by atoms with Crippen LogP contribution < -0.4 is 10.9 Å². The molecule has 0 aliphatic carbocycles. The zero-order valence-electron chi connectivity index (χ0n) is 24.3. The van der Waals surface area contributed by atoms with Gasteiger partial charge in [-0.1, -0.05) is 19.9 Å². The number of halogens is 1. The highest BCUT2D eigenvalue weighted by atomic mass is 19.1. The number of pyridine rings is 1. The lowest BCUT2D eigenvalue weighted by molar-refractivity contribution is -0.125. The summed E-state index contributed by atoms with van der Waals surface area (Å²) >= 11 is 0. The Morgan fingerprint density at radius 2 is 1.85 bits per heavy atom. The molecule has 3 amide bonds. The Labute approximate surface area is 238 Å². The summed E-state index contributed by atoms with van der Waals surface area (Å²) in [7, 11) is 6.22. The van der Waals surface area contributed by atoms with Crippen LogP contribution in [-0.2, 0) is 27.4 Å². The van der Waals surface area contributed by atoms with Gasteiger partial charge in [0, 0.05) is 47.0 Å². The van der Waals surface area contributed by atoms with Gasteiger partial charge in [0.25, 0.3) is 11.5 Å². The molecule has 0 radical (unpaired) electrons. The topological polar surface area (TPSA) is 119 Å². The minimum atomic E-state index is -1.21. The van der Waals surface area contributed by atoms with Crippen LogP contribution in [0.15, 0.2) is 53.5 Å². The minimum absolute atomic E-state index is 0.000653. The molecule has 0 saturated heterocycles. The maximum Gasteiger partial charge on any atom is 0.410 e. The highest BCUT2D eigenvalue weighted by Crippen LogP contribution is 2.20. The number of hydrogen-bond donors (Lipinski definition) is 1. The van der Waals surface area contributed by atoms with Crippen LogP contribution in [0.4, 0.5) is 14.9 Å². The Balaban J connectivity index is 1.83. The van der Waals surface area contributed by atoms with E-state index in [1.807, 2.05) is 4.57 Å². The minimum Gasteiger partial charge on any atom is -0.436 e. The summed E-state index contributed by atoms with van der Waals surface area (Å²) in [5.74, 6) is -0.444. The maximum atomic E-state index is 13.9. The van der Waals surface area contributed by atoms with Gasteiger partial charge in [-0.2, -0.15) is 0 Å². The first kappa shape index (κ1) is 31.1. The van der Waals surface area contributed by atoms with Gasteiger partial charge < -0.3 is 29.0 Å². The van der Waals surface area contributed by atoms with E-state index >= 15 is 0 Å². The fraction of sp³-hybridized carbons (Fsp3) is 0.414. The summed E-state index contributed by atoms with van der Waals surface area (Å²) in [4.78, 5) is 57.7. The van der Waals surface area contributed by atoms with Gasteiger partial charge in [0.2, 0.25) is 5.91 Å². The number of nitrogens with one attached hydrogen (secondary N) is 1. The second-order valence-electron chi connectivity index (χ2n) is 10.5. The van der Waals surface area contributed by atoms with Crippen molar-refractivity contribution in [1.82, 2.24) is 23.9 Å². The zero-order chi connectivity index (χ0) is 30.3. The Morgan fingerprint density at radius 1 is 1.12 bits per heavy atom. The number of rotatable bonds is 11. The van der Waals surface area contributed by atoms with Crippen LogP contribution in [0.5, 0.6) is 0 Å². The molecule has 0 spiro atoms. The summed E-state index contributed by atoms with van der Waals surface area (Å²) in [5, 5.41) is 2.59. The van der Waals surface area contributed by atoms with E-state index in [1.165, 1.54) is 52.7 Å². The maximum absolute atomic E-state index is 13.9. The Morgan fingerprint density at radius 3 is 2.51 bits per heavy atom. The normalized spacial score (nSPS) is 12.1. The van der Waals surface area contributed by atoms with Crippen LogP contribution >= 0.6 is 0 Å². The van der Waals surface area contributed by atoms with Gasteiger partial charge in [-0.3, -0.25) is 14.4 Å². The predicted molar refractivity (Wildman–Crippen MR) is 154 cm³/mol. The van der Waals surface area contributed by atoms with Crippen LogP contribution in [0.25, 0.3) is 11.0 Å². The molecule has 0 fully saturated rings. The summed E-state index contributed by atoms with van der Waals surface area (Å²) in [5.41, 5.74) is 0.771. The summed E-state index contributed by atoms with van der Waals surface area (Å²) in [6, 6.07) is 7.48. The van der Waals surface area contributed by atoms with Crippen LogP contribution in [0.1, 0.15) is 32.5 Å². The molecule has 3 rings (SSSR count). The number of aromatic nitrogens is 3. The van der Waals surface area contributed by atoms with Crippen molar-refractivity contribution < 1.29 is 23.5 Å². The standard InChI is InChI=1S/C29H37FN6O5/c1-19(2)17-36-23-14-13-20(30)16-22(23)31-25(36)18-35-15-9-10-21(28(35)39)32-27(38)24(41-29(40)34(5)6)11-7-8-12-26(37)33(3)4/h8-10,12-16,19,24H,7,11,17-18H2,1-6H3,(H,32,38)/b12-8+/t24-/m0/s1. The molecule has 41 heavy (non-hydrogen) atoms. The van der Waals surface area contributed by atoms with Crippen LogP contribution in [0.2, 0.25) is 0 Å². The molecule has 2 heterocycles. The van der Waals surface area contributed by atoms with E-state index in [9.17, 15) is 23.6 Å². The third kappa shape index (κ3) is 8.26. The lowest BCUT2D eigenvalue weighted by atomic mass is 10.1. The number of carbonyl (C=O) groups is 3. The van der Waals surface area contributed by atoms with Gasteiger partial charge >= 0.3 is 6.09 Å². The fourth-order valence-corrected chi connectivity index (χ4v) is 4.02. The van der Waals surface area contributed by atoms with Gasteiger partial charge in [-0.25, -0.2) is 14.2 Å². The highest BCUT2D eigenvalue weighted by molar-refractivity contribution is 5.95. The molecule has 0 aliphatic rings. The molecule has 1 N–H and O–H groups in total. The first-order chi connectivity index (χ1) is 19.4. The Kier molecular flexibility index (Phi) is 10.4. The predicted octanol–water partition coefficient (Wildman–Crippen LogP) is 3.47. The number of imidazole rings is 1. The van der Waals surface area contributed by atoms with E-state index in [0.29, 0.717) is 17.9 Å². The van der Waals surface area contributed by atoms with Gasteiger partial charge in [0.1, 0.15) is 17.3 Å². The number of carbonyl (C=O) groups excluding carboxylic acids is 3. The van der Waals surface area contributed by atoms with E-state index in [2.05, 4.69) is 24.1 Å². The number of fused-ring (bicyclic) bond motifs is 1. The lowest BCUT2D eigenvalue weighted by Gasteiger charge is -2.20. The van der Waals surface area contributed by atoms with Crippen LogP contribution in [0.3, 0.4) is 0 Å². The van der Waals surface area contributed by atoms with Crippen molar-refractivity contribution in [1.29, 1.82) is 0 Å². The molecule has 1 atom stereocenters. The molecule has 11 nitrogen and oxygen atoms in total. The second-order valence-corrected chi connectivity index (χ2v) is 10.5. The van der Waals surface area contributed by atoms with Crippen molar-refractivity contribution in [2.75, 3.05) is 33.5 Å². The number of nitrogens with zero attached hydrogens (tertiary/aromatic N) is 5. The smallest absolute Gasteiger partial charge is 0.410 e. The monoisotopic (exact) mass is 568 g/mol. The number of anilines is 1. The molecule has 0 saturated carbocycles. The number of ether oxygens (including phenoxy) is 1. The molecule has 220 valence electrons. The molecule has 1 aromatic carbocycles. The molecule has 2 aromatic heterocycles. The average Bonchev–Trinajstić information content (AvgIpc) is 3.22. The van der Waals surface area contributed by atoms with Gasteiger partial charge in [0.15, 0.2) is 6.10 Å². The number of allylic oxidation sites excluding steroid dienone is 1. The van der Waals surface area contributed by atoms with E-state index in [4.69, 9.17) is 4.74 Å². The molecule has 0 bridgehead atoms. The molecule has 0 aliphatic heterocycles. The molecule has 0 unspecified atom stereocenters. The lowest BCUT2D eigenvalue weighted by Crippen LogP contribution is -2.37. The third-order valence-corrected chi connectivity index (χ3v) is 6.12. The molecule has 3 aromatic rings. The number of benzene rings is 1. The van der Waals surface area contributed by atoms with Crippen molar-refractivity contribution in [2.45, 2.75) is 45.9 Å². The zero-order valence-corrected chi connectivity index (χ0v) is 24.3. The van der Waals surface area contributed by atoms with E-state index in [0.717, 1.165) is 5.52 Å². The number of likely N-dealkylation sites (N-methyl/N-ethyl adjacent to an activating group) is 1. The molecule has 12 heteroatoms. The van der Waals surface area contributed by atoms with Crippen molar-refractivity contribution >= 4 is 34.6 Å². The van der Waals surface area contributed by atoms with Gasteiger partial charge in [0.05, 0.1) is 17.6 Å². The Hall–Kier alpha value is -4.48. The van der Waals surface area contributed by atoms with Crippen molar-refractivity contribution in [3.63, 3.8) is 0 Å². The van der Waals surface area contributed by atoms with E-state index in [1.54, 1.807) is 38.5 Å². The average molecular weight is 569 g/mol. The second kappa shape index (κ2) is 13.7.